The molecule has 0 spiro atoms. The summed E-state index contributed by atoms with van der Waals surface area (Å²) < 4.78 is 11.1. The van der Waals surface area contributed by atoms with Crippen molar-refractivity contribution < 1.29 is 19.1 Å². The second-order valence-electron chi connectivity index (χ2n) is 8.06. The number of benzene rings is 1. The SMILES string of the molecule is O=C(c1ccc2c(c1)OCCO2)C1CCN(C(=O)c2cc3c(s2)CCCC3)CC1. The van der Waals surface area contributed by atoms with Gasteiger partial charge in [0.2, 0.25) is 0 Å². The Bertz CT molecular complexity index is 919. The number of ether oxygens (including phenoxy) is 2. The molecule has 2 aromatic rings. The fraction of sp³-hybridized carbons (Fsp3) is 0.478. The molecule has 1 aromatic heterocycles. The van der Waals surface area contributed by atoms with Gasteiger partial charge < -0.3 is 14.4 Å². The van der Waals surface area contributed by atoms with E-state index in [4.69, 9.17) is 9.47 Å². The minimum Gasteiger partial charge on any atom is -0.486 e. The molecule has 1 amide bonds. The standard InChI is InChI=1S/C23H25NO4S/c25-22(17-5-6-18-19(13-17)28-12-11-27-18)15-7-9-24(10-8-15)23(26)21-14-16-3-1-2-4-20(16)29-21/h5-6,13-15H,1-4,7-12H2. The van der Waals surface area contributed by atoms with Crippen LogP contribution in [0.1, 0.15) is 56.2 Å². The first-order valence-corrected chi connectivity index (χ1v) is 11.4. The van der Waals surface area contributed by atoms with Gasteiger partial charge in [-0.05, 0) is 68.4 Å². The third-order valence-corrected chi connectivity index (χ3v) is 7.41. The number of piperidine rings is 1. The van der Waals surface area contributed by atoms with Gasteiger partial charge in [-0.2, -0.15) is 0 Å². The number of thiophene rings is 1. The van der Waals surface area contributed by atoms with Crippen LogP contribution in [-0.2, 0) is 12.8 Å². The summed E-state index contributed by atoms with van der Waals surface area (Å²) in [7, 11) is 0. The second-order valence-corrected chi connectivity index (χ2v) is 9.19. The van der Waals surface area contributed by atoms with E-state index < -0.39 is 0 Å². The number of hydrogen-bond acceptors (Lipinski definition) is 5. The Kier molecular flexibility index (Phi) is 5.04. The van der Waals surface area contributed by atoms with E-state index in [2.05, 4.69) is 6.07 Å². The van der Waals surface area contributed by atoms with Gasteiger partial charge in [-0.1, -0.05) is 0 Å². The van der Waals surface area contributed by atoms with Crippen LogP contribution in [0.25, 0.3) is 0 Å². The smallest absolute Gasteiger partial charge is 0.263 e. The minimum absolute atomic E-state index is 0.0434. The second kappa shape index (κ2) is 7.82. The number of amides is 1. The van der Waals surface area contributed by atoms with E-state index in [1.165, 1.54) is 23.3 Å². The Morgan fingerprint density at radius 3 is 2.52 bits per heavy atom. The predicted molar refractivity (Wildman–Crippen MR) is 111 cm³/mol. The average Bonchev–Trinajstić information content (AvgIpc) is 3.22. The highest BCUT2D eigenvalue weighted by atomic mass is 32.1. The number of ketones is 1. The van der Waals surface area contributed by atoms with Gasteiger partial charge in [0.15, 0.2) is 17.3 Å². The largest absolute Gasteiger partial charge is 0.486 e. The molecular formula is C23H25NO4S. The first kappa shape index (κ1) is 18.7. The Morgan fingerprint density at radius 1 is 0.966 bits per heavy atom. The maximum absolute atomic E-state index is 13.0. The number of likely N-dealkylation sites (tertiary alicyclic amines) is 1. The van der Waals surface area contributed by atoms with Crippen molar-refractivity contribution in [1.82, 2.24) is 4.90 Å². The van der Waals surface area contributed by atoms with Gasteiger partial charge in [0.25, 0.3) is 5.91 Å². The van der Waals surface area contributed by atoms with Gasteiger partial charge in [-0.3, -0.25) is 9.59 Å². The molecule has 0 unspecified atom stereocenters. The molecule has 1 saturated heterocycles. The highest BCUT2D eigenvalue weighted by Crippen LogP contribution is 2.34. The van der Waals surface area contributed by atoms with E-state index in [-0.39, 0.29) is 17.6 Å². The van der Waals surface area contributed by atoms with E-state index in [1.54, 1.807) is 17.4 Å². The molecule has 0 saturated carbocycles. The number of hydrogen-bond donors (Lipinski definition) is 0. The quantitative estimate of drug-likeness (QED) is 0.713. The van der Waals surface area contributed by atoms with Crippen LogP contribution in [-0.4, -0.2) is 42.9 Å². The molecule has 6 heteroatoms. The average molecular weight is 412 g/mol. The van der Waals surface area contributed by atoms with Crippen molar-refractivity contribution in [2.24, 2.45) is 5.92 Å². The van der Waals surface area contributed by atoms with Crippen molar-refractivity contribution in [1.29, 1.82) is 0 Å². The number of fused-ring (bicyclic) bond motifs is 2. The van der Waals surface area contributed by atoms with Gasteiger partial charge >= 0.3 is 0 Å². The molecule has 3 heterocycles. The molecule has 1 aromatic carbocycles. The summed E-state index contributed by atoms with van der Waals surface area (Å²) in [5, 5.41) is 0. The number of Topliss-reactive ketones (excluding diaryl/α,β-unsaturated/α-hetero) is 1. The van der Waals surface area contributed by atoms with Gasteiger partial charge in [0.1, 0.15) is 13.2 Å². The molecule has 0 N–H and O–H groups in total. The summed E-state index contributed by atoms with van der Waals surface area (Å²) in [5.41, 5.74) is 2.04. The third-order valence-electron chi connectivity index (χ3n) is 6.19. The summed E-state index contributed by atoms with van der Waals surface area (Å²) in [6.07, 6.45) is 6.10. The maximum atomic E-state index is 13.0. The molecule has 29 heavy (non-hydrogen) atoms. The van der Waals surface area contributed by atoms with Crippen LogP contribution in [0.15, 0.2) is 24.3 Å². The summed E-state index contributed by atoms with van der Waals surface area (Å²) in [6.45, 7) is 2.34. The van der Waals surface area contributed by atoms with Crippen molar-refractivity contribution in [3.8, 4) is 11.5 Å². The lowest BCUT2D eigenvalue weighted by atomic mass is 9.88. The zero-order valence-corrected chi connectivity index (χ0v) is 17.3. The molecule has 152 valence electrons. The third kappa shape index (κ3) is 3.66. The lowest BCUT2D eigenvalue weighted by Gasteiger charge is -2.31. The normalized spacial score (nSPS) is 19.0. The van der Waals surface area contributed by atoms with E-state index in [1.807, 2.05) is 17.0 Å². The molecule has 3 aliphatic rings. The van der Waals surface area contributed by atoms with Gasteiger partial charge in [-0.15, -0.1) is 11.3 Å². The number of carbonyl (C=O) groups is 2. The van der Waals surface area contributed by atoms with E-state index in [0.29, 0.717) is 56.2 Å². The van der Waals surface area contributed by atoms with Crippen LogP contribution in [0.3, 0.4) is 0 Å². The topological polar surface area (TPSA) is 55.8 Å². The van der Waals surface area contributed by atoms with E-state index in [9.17, 15) is 9.59 Å². The number of nitrogens with zero attached hydrogens (tertiary/aromatic N) is 1. The van der Waals surface area contributed by atoms with Crippen molar-refractivity contribution >= 4 is 23.0 Å². The molecule has 5 nitrogen and oxygen atoms in total. The van der Waals surface area contributed by atoms with Gasteiger partial charge in [0.05, 0.1) is 4.88 Å². The zero-order chi connectivity index (χ0) is 19.8. The fourth-order valence-electron chi connectivity index (χ4n) is 4.53. The Hall–Kier alpha value is -2.34. The fourth-order valence-corrected chi connectivity index (χ4v) is 5.75. The van der Waals surface area contributed by atoms with Crippen LogP contribution in [0, 0.1) is 5.92 Å². The Labute approximate surface area is 174 Å². The monoisotopic (exact) mass is 411 g/mol. The summed E-state index contributed by atoms with van der Waals surface area (Å²) in [4.78, 5) is 30.1. The molecule has 2 aliphatic heterocycles. The van der Waals surface area contributed by atoms with Gasteiger partial charge in [-0.25, -0.2) is 0 Å². The molecule has 0 radical (unpaired) electrons. The van der Waals surface area contributed by atoms with Gasteiger partial charge in [0, 0.05) is 29.4 Å². The number of aryl methyl sites for hydroxylation is 2. The van der Waals surface area contributed by atoms with Crippen molar-refractivity contribution in [2.75, 3.05) is 26.3 Å². The molecular weight excluding hydrogens is 386 g/mol. The highest BCUT2D eigenvalue weighted by Gasteiger charge is 2.30. The van der Waals surface area contributed by atoms with Crippen LogP contribution in [0.4, 0.5) is 0 Å². The summed E-state index contributed by atoms with van der Waals surface area (Å²) in [5.74, 6) is 1.58. The molecule has 1 aliphatic carbocycles. The minimum atomic E-state index is -0.0434. The highest BCUT2D eigenvalue weighted by molar-refractivity contribution is 7.14. The molecule has 5 rings (SSSR count). The van der Waals surface area contributed by atoms with Crippen molar-refractivity contribution in [3.63, 3.8) is 0 Å². The Balaban J connectivity index is 1.22. The lowest BCUT2D eigenvalue weighted by Crippen LogP contribution is -2.40. The first-order valence-electron chi connectivity index (χ1n) is 10.5. The number of rotatable bonds is 3. The molecule has 0 bridgehead atoms. The van der Waals surface area contributed by atoms with Crippen LogP contribution in [0.2, 0.25) is 0 Å². The van der Waals surface area contributed by atoms with Crippen molar-refractivity contribution in [3.05, 3.63) is 45.1 Å². The summed E-state index contributed by atoms with van der Waals surface area (Å²) in [6, 6.07) is 7.54. The molecule has 1 fully saturated rings. The zero-order valence-electron chi connectivity index (χ0n) is 16.4. The molecule has 0 atom stereocenters. The predicted octanol–water partition coefficient (Wildman–Crippen LogP) is 4.13. The van der Waals surface area contributed by atoms with Crippen LogP contribution < -0.4 is 9.47 Å². The lowest BCUT2D eigenvalue weighted by molar-refractivity contribution is 0.0654. The van der Waals surface area contributed by atoms with Crippen LogP contribution >= 0.6 is 11.3 Å². The Morgan fingerprint density at radius 2 is 1.72 bits per heavy atom. The summed E-state index contributed by atoms with van der Waals surface area (Å²) >= 11 is 1.67. The number of carbonyl (C=O) groups excluding carboxylic acids is 2. The maximum Gasteiger partial charge on any atom is 0.263 e. The van der Waals surface area contributed by atoms with E-state index in [0.717, 1.165) is 17.7 Å². The van der Waals surface area contributed by atoms with E-state index >= 15 is 0 Å². The first-order chi connectivity index (χ1) is 14.2. The van der Waals surface area contributed by atoms with Crippen molar-refractivity contribution in [2.45, 2.75) is 38.5 Å². The van der Waals surface area contributed by atoms with Crippen LogP contribution in [0.5, 0.6) is 11.5 Å².